The number of nitro benzene ring substituents is 1. The van der Waals surface area contributed by atoms with Crippen LogP contribution in [0.3, 0.4) is 0 Å². The average Bonchev–Trinajstić information content (AvgIpc) is 2.88. The molecule has 0 unspecified atom stereocenters. The maximum absolute atomic E-state index is 14.4. The monoisotopic (exact) mass is 657 g/mol. The van der Waals surface area contributed by atoms with Gasteiger partial charge in [-0.1, -0.05) is 40.2 Å². The minimum atomic E-state index is -1.12. The second-order valence-corrected chi connectivity index (χ2v) is 9.59. The first-order valence-corrected chi connectivity index (χ1v) is 12.4. The van der Waals surface area contributed by atoms with E-state index in [0.717, 1.165) is 18.2 Å². The Labute approximate surface area is 236 Å². The number of imide groups is 2. The van der Waals surface area contributed by atoms with Crippen molar-refractivity contribution >= 4 is 79.2 Å². The molecule has 3 aromatic carbocycles. The quantitative estimate of drug-likeness (QED) is 0.0917. The van der Waals surface area contributed by atoms with Gasteiger partial charge in [0.2, 0.25) is 0 Å². The number of anilines is 1. The van der Waals surface area contributed by atoms with Crippen molar-refractivity contribution in [1.29, 1.82) is 0 Å². The number of carbonyl (C=O) groups is 4. The average molecular weight is 659 g/mol. The van der Waals surface area contributed by atoms with Crippen LogP contribution in [-0.4, -0.2) is 28.7 Å². The Balaban J connectivity index is 1.67. The number of hydrogen-bond acceptors (Lipinski definition) is 7. The van der Waals surface area contributed by atoms with Gasteiger partial charge in [0, 0.05) is 28.2 Å². The van der Waals surface area contributed by atoms with Crippen LogP contribution in [0.2, 0.25) is 0 Å². The van der Waals surface area contributed by atoms with E-state index in [1.165, 1.54) is 48.5 Å². The molecule has 0 bridgehead atoms. The number of hydrogen-bond donors (Lipinski definition) is 1. The van der Waals surface area contributed by atoms with Gasteiger partial charge in [0.15, 0.2) is 5.75 Å². The molecule has 1 N–H and O–H groups in total. The van der Waals surface area contributed by atoms with Crippen molar-refractivity contribution in [3.63, 3.8) is 0 Å². The number of para-hydroxylation sites is 1. The standard InChI is InChI=1S/C26H14Br2FN3O7/c27-16-11-15(12-18-24(34)30-26(36)31(25(18)35)21-7-2-1-6-20(21)29)23(19(28)13-16)39-22(33)9-8-14-4-3-5-17(10-14)32(37)38/h1-13H,(H,30,34,36)/b9-8+,18-12-. The zero-order valence-electron chi connectivity index (χ0n) is 19.4. The molecular weight excluding hydrogens is 645 g/mol. The van der Waals surface area contributed by atoms with Crippen LogP contribution in [0.25, 0.3) is 12.2 Å². The summed E-state index contributed by atoms with van der Waals surface area (Å²) >= 11 is 6.56. The number of esters is 1. The zero-order chi connectivity index (χ0) is 28.3. The molecule has 39 heavy (non-hydrogen) atoms. The van der Waals surface area contributed by atoms with E-state index in [-0.39, 0.29) is 27.2 Å². The van der Waals surface area contributed by atoms with Gasteiger partial charge in [0.05, 0.1) is 15.1 Å². The van der Waals surface area contributed by atoms with E-state index < -0.39 is 40.1 Å². The Morgan fingerprint density at radius 1 is 1.05 bits per heavy atom. The highest BCUT2D eigenvalue weighted by molar-refractivity contribution is 9.11. The van der Waals surface area contributed by atoms with Crippen LogP contribution in [0, 0.1) is 15.9 Å². The number of benzene rings is 3. The summed E-state index contributed by atoms with van der Waals surface area (Å²) in [6, 6.07) is 12.5. The first-order valence-electron chi connectivity index (χ1n) is 10.8. The van der Waals surface area contributed by atoms with Crippen molar-refractivity contribution in [2.75, 3.05) is 4.90 Å². The molecule has 0 saturated carbocycles. The van der Waals surface area contributed by atoms with Crippen LogP contribution in [0.5, 0.6) is 5.75 Å². The van der Waals surface area contributed by atoms with Crippen LogP contribution in [0.4, 0.5) is 20.6 Å². The first-order chi connectivity index (χ1) is 18.5. The van der Waals surface area contributed by atoms with E-state index >= 15 is 0 Å². The summed E-state index contributed by atoms with van der Waals surface area (Å²) in [4.78, 5) is 61.6. The number of barbiturate groups is 1. The van der Waals surface area contributed by atoms with Crippen LogP contribution >= 0.6 is 31.9 Å². The van der Waals surface area contributed by atoms with Gasteiger partial charge in [-0.05, 0) is 57.9 Å². The number of urea groups is 1. The van der Waals surface area contributed by atoms with Crippen LogP contribution in [-0.2, 0) is 14.4 Å². The van der Waals surface area contributed by atoms with Crippen molar-refractivity contribution < 1.29 is 33.2 Å². The van der Waals surface area contributed by atoms with Gasteiger partial charge in [-0.3, -0.25) is 25.0 Å². The summed E-state index contributed by atoms with van der Waals surface area (Å²) in [5, 5.41) is 13.0. The third-order valence-corrected chi connectivity index (χ3v) is 6.27. The van der Waals surface area contributed by atoms with Crippen LogP contribution in [0.1, 0.15) is 11.1 Å². The van der Waals surface area contributed by atoms with E-state index in [2.05, 4.69) is 31.9 Å². The number of non-ortho nitro benzene ring substituents is 1. The van der Waals surface area contributed by atoms with Crippen molar-refractivity contribution in [1.82, 2.24) is 5.32 Å². The molecule has 1 fully saturated rings. The molecule has 0 radical (unpaired) electrons. The molecule has 4 rings (SSSR count). The lowest BCUT2D eigenvalue weighted by molar-refractivity contribution is -0.384. The molecule has 0 atom stereocenters. The summed E-state index contributed by atoms with van der Waals surface area (Å²) in [6.45, 7) is 0. The molecule has 196 valence electrons. The zero-order valence-corrected chi connectivity index (χ0v) is 22.6. The highest BCUT2D eigenvalue weighted by Gasteiger charge is 2.38. The minimum Gasteiger partial charge on any atom is -0.422 e. The van der Waals surface area contributed by atoms with Gasteiger partial charge in [0.1, 0.15) is 11.4 Å². The molecule has 0 aliphatic carbocycles. The number of carbonyl (C=O) groups excluding carboxylic acids is 4. The molecule has 0 spiro atoms. The molecule has 3 aromatic rings. The van der Waals surface area contributed by atoms with E-state index in [1.807, 2.05) is 5.32 Å². The van der Waals surface area contributed by atoms with Gasteiger partial charge >= 0.3 is 12.0 Å². The van der Waals surface area contributed by atoms with Crippen LogP contribution < -0.4 is 15.0 Å². The highest BCUT2D eigenvalue weighted by atomic mass is 79.9. The summed E-state index contributed by atoms with van der Waals surface area (Å²) in [5.74, 6) is -3.92. The van der Waals surface area contributed by atoms with E-state index in [4.69, 9.17) is 4.74 Å². The lowest BCUT2D eigenvalue weighted by Gasteiger charge is -2.26. The first kappa shape index (κ1) is 27.5. The van der Waals surface area contributed by atoms with E-state index in [9.17, 15) is 33.7 Å². The fourth-order valence-corrected chi connectivity index (χ4v) is 4.84. The van der Waals surface area contributed by atoms with Gasteiger partial charge in [-0.2, -0.15) is 0 Å². The van der Waals surface area contributed by atoms with Gasteiger partial charge in [-0.25, -0.2) is 18.9 Å². The highest BCUT2D eigenvalue weighted by Crippen LogP contribution is 2.35. The Hall–Kier alpha value is -4.49. The predicted molar refractivity (Wildman–Crippen MR) is 145 cm³/mol. The molecule has 0 aromatic heterocycles. The van der Waals surface area contributed by atoms with E-state index in [0.29, 0.717) is 14.9 Å². The largest absolute Gasteiger partial charge is 0.422 e. The molecule has 13 heteroatoms. The Bertz CT molecular complexity index is 1620. The van der Waals surface area contributed by atoms with Crippen LogP contribution in [0.15, 0.2) is 81.3 Å². The molecule has 1 saturated heterocycles. The fourth-order valence-electron chi connectivity index (χ4n) is 3.50. The maximum atomic E-state index is 14.4. The van der Waals surface area contributed by atoms with Crippen molar-refractivity contribution in [3.8, 4) is 5.75 Å². The van der Waals surface area contributed by atoms with Crippen molar-refractivity contribution in [2.24, 2.45) is 0 Å². The minimum absolute atomic E-state index is 0.0747. The predicted octanol–water partition coefficient (Wildman–Crippen LogP) is 5.54. The molecule has 1 aliphatic rings. The summed E-state index contributed by atoms with van der Waals surface area (Å²) in [5.41, 5.74) is -0.567. The lowest BCUT2D eigenvalue weighted by atomic mass is 10.1. The summed E-state index contributed by atoms with van der Waals surface area (Å²) in [6.07, 6.45) is 3.46. The number of amides is 4. The number of halogens is 3. The smallest absolute Gasteiger partial charge is 0.336 e. The lowest BCUT2D eigenvalue weighted by Crippen LogP contribution is -2.54. The molecular formula is C26H14Br2FN3O7. The third-order valence-electron chi connectivity index (χ3n) is 5.23. The Morgan fingerprint density at radius 2 is 1.79 bits per heavy atom. The number of nitrogens with zero attached hydrogens (tertiary/aromatic N) is 2. The Morgan fingerprint density at radius 3 is 2.51 bits per heavy atom. The molecule has 1 aliphatic heterocycles. The Kier molecular flexibility index (Phi) is 8.12. The fraction of sp³-hybridized carbons (Fsp3) is 0. The second-order valence-electron chi connectivity index (χ2n) is 7.82. The van der Waals surface area contributed by atoms with Gasteiger partial charge < -0.3 is 4.74 Å². The maximum Gasteiger partial charge on any atom is 0.336 e. The van der Waals surface area contributed by atoms with Crippen molar-refractivity contribution in [3.05, 3.63) is 108 Å². The topological polar surface area (TPSA) is 136 Å². The second kappa shape index (κ2) is 11.5. The third kappa shape index (κ3) is 6.16. The van der Waals surface area contributed by atoms with Gasteiger partial charge in [0.25, 0.3) is 17.5 Å². The molecule has 4 amide bonds. The van der Waals surface area contributed by atoms with Gasteiger partial charge in [-0.15, -0.1) is 0 Å². The van der Waals surface area contributed by atoms with E-state index in [1.54, 1.807) is 12.1 Å². The normalized spacial score (nSPS) is 14.6. The number of nitro groups is 1. The number of nitrogens with one attached hydrogen (secondary N) is 1. The summed E-state index contributed by atoms with van der Waals surface area (Å²) < 4.78 is 20.5. The summed E-state index contributed by atoms with van der Waals surface area (Å²) in [7, 11) is 0. The number of rotatable bonds is 6. The SMILES string of the molecule is O=C(/C=C/c1cccc([N+](=O)[O-])c1)Oc1c(Br)cc(Br)cc1/C=C1/C(=O)NC(=O)N(c2ccccc2F)C1=O. The molecule has 10 nitrogen and oxygen atoms in total. The molecule has 1 heterocycles. The van der Waals surface area contributed by atoms with Crippen molar-refractivity contribution in [2.45, 2.75) is 0 Å². The number of ether oxygens (including phenoxy) is 1.